The fourth-order valence-corrected chi connectivity index (χ4v) is 2.61. The maximum Gasteiger partial charge on any atom is 0.0416 e. The minimum absolute atomic E-state index is 0.228. The highest BCUT2D eigenvalue weighted by atomic mass is 35.5. The van der Waals surface area contributed by atoms with Gasteiger partial charge in [-0.25, -0.2) is 0 Å². The van der Waals surface area contributed by atoms with Gasteiger partial charge in [0.25, 0.3) is 0 Å². The summed E-state index contributed by atoms with van der Waals surface area (Å²) in [6, 6.07) is 9.20. The van der Waals surface area contributed by atoms with Gasteiger partial charge in [-0.1, -0.05) is 43.7 Å². The van der Waals surface area contributed by atoms with Crippen LogP contribution in [0.2, 0.25) is 0 Å². The molecule has 0 aromatic heterocycles. The van der Waals surface area contributed by atoms with E-state index in [2.05, 4.69) is 50.4 Å². The van der Waals surface area contributed by atoms with Crippen molar-refractivity contribution in [3.8, 4) is 0 Å². The second-order valence-electron chi connectivity index (χ2n) is 5.45. The van der Waals surface area contributed by atoms with Crippen LogP contribution in [0, 0.1) is 12.3 Å². The first-order valence-electron chi connectivity index (χ1n) is 5.93. The van der Waals surface area contributed by atoms with Gasteiger partial charge in [-0.05, 0) is 24.3 Å². The zero-order chi connectivity index (χ0) is 11.8. The average molecular weight is 238 g/mol. The number of rotatable bonds is 3. The first-order chi connectivity index (χ1) is 7.50. The van der Waals surface area contributed by atoms with Gasteiger partial charge >= 0.3 is 0 Å². The molecule has 0 heterocycles. The maximum absolute atomic E-state index is 6.20. The van der Waals surface area contributed by atoms with Gasteiger partial charge in [-0.3, -0.25) is 0 Å². The third-order valence-corrected chi connectivity index (χ3v) is 4.52. The molecule has 2 atom stereocenters. The lowest BCUT2D eigenvalue weighted by atomic mass is 9.67. The lowest BCUT2D eigenvalue weighted by molar-refractivity contribution is 0.115. The van der Waals surface area contributed by atoms with Gasteiger partial charge in [0, 0.05) is 18.0 Å². The van der Waals surface area contributed by atoms with E-state index in [1.807, 2.05) is 0 Å². The third kappa shape index (κ3) is 2.26. The van der Waals surface area contributed by atoms with Crippen molar-refractivity contribution in [3.63, 3.8) is 0 Å². The van der Waals surface area contributed by atoms with Crippen molar-refractivity contribution in [2.24, 2.45) is 5.41 Å². The van der Waals surface area contributed by atoms with E-state index in [4.69, 9.17) is 11.6 Å². The molecule has 1 aliphatic rings. The van der Waals surface area contributed by atoms with E-state index in [1.54, 1.807) is 0 Å². The average Bonchev–Trinajstić information content (AvgIpc) is 2.24. The van der Waals surface area contributed by atoms with E-state index < -0.39 is 0 Å². The summed E-state index contributed by atoms with van der Waals surface area (Å²) in [6.07, 6.45) is 1.08. The van der Waals surface area contributed by atoms with Gasteiger partial charge in [0.1, 0.15) is 0 Å². The van der Waals surface area contributed by atoms with Crippen LogP contribution < -0.4 is 5.32 Å². The lowest BCUT2D eigenvalue weighted by Crippen LogP contribution is -2.57. The summed E-state index contributed by atoms with van der Waals surface area (Å²) >= 11 is 6.20. The van der Waals surface area contributed by atoms with Gasteiger partial charge in [0.15, 0.2) is 0 Å². The van der Waals surface area contributed by atoms with E-state index in [9.17, 15) is 0 Å². The summed E-state index contributed by atoms with van der Waals surface area (Å²) in [7, 11) is 0. The molecule has 1 aromatic rings. The molecule has 0 saturated heterocycles. The first-order valence-corrected chi connectivity index (χ1v) is 6.37. The van der Waals surface area contributed by atoms with Crippen molar-refractivity contribution in [2.75, 3.05) is 0 Å². The predicted molar refractivity (Wildman–Crippen MR) is 69.8 cm³/mol. The molecule has 16 heavy (non-hydrogen) atoms. The molecule has 0 aliphatic heterocycles. The second kappa shape index (κ2) is 4.38. The molecule has 0 bridgehead atoms. The first kappa shape index (κ1) is 11.9. The zero-order valence-corrected chi connectivity index (χ0v) is 11.0. The Balaban J connectivity index is 1.89. The fourth-order valence-electron chi connectivity index (χ4n) is 2.28. The van der Waals surface area contributed by atoms with Gasteiger partial charge in [-0.2, -0.15) is 0 Å². The Labute approximate surface area is 103 Å². The lowest BCUT2D eigenvalue weighted by Gasteiger charge is -2.49. The van der Waals surface area contributed by atoms with Gasteiger partial charge in [0.05, 0.1) is 0 Å². The minimum Gasteiger partial charge on any atom is -0.309 e. The number of hydrogen-bond acceptors (Lipinski definition) is 1. The topological polar surface area (TPSA) is 12.0 Å². The summed E-state index contributed by atoms with van der Waals surface area (Å²) in [6.45, 7) is 7.55. The highest BCUT2D eigenvalue weighted by Gasteiger charge is 2.46. The maximum atomic E-state index is 6.20. The molecule has 0 spiro atoms. The minimum atomic E-state index is 0.228. The zero-order valence-electron chi connectivity index (χ0n) is 10.3. The Morgan fingerprint density at radius 3 is 2.75 bits per heavy atom. The van der Waals surface area contributed by atoms with Crippen LogP contribution >= 0.6 is 11.6 Å². The number of nitrogens with one attached hydrogen (secondary N) is 1. The summed E-state index contributed by atoms with van der Waals surface area (Å²) < 4.78 is 0. The SMILES string of the molecule is Cc1cccc(CNC2CC(Cl)C2(C)C)c1. The highest BCUT2D eigenvalue weighted by molar-refractivity contribution is 6.21. The van der Waals surface area contributed by atoms with Crippen LogP contribution in [-0.4, -0.2) is 11.4 Å². The van der Waals surface area contributed by atoms with Crippen LogP contribution in [0.15, 0.2) is 24.3 Å². The third-order valence-electron chi connectivity index (χ3n) is 3.78. The Morgan fingerprint density at radius 1 is 1.44 bits per heavy atom. The van der Waals surface area contributed by atoms with E-state index in [0.29, 0.717) is 11.4 Å². The number of hydrogen-bond donors (Lipinski definition) is 1. The molecule has 1 saturated carbocycles. The van der Waals surface area contributed by atoms with Crippen molar-refractivity contribution in [3.05, 3.63) is 35.4 Å². The number of benzene rings is 1. The molecule has 2 heteroatoms. The molecule has 1 aromatic carbocycles. The monoisotopic (exact) mass is 237 g/mol. The highest BCUT2D eigenvalue weighted by Crippen LogP contribution is 2.44. The Morgan fingerprint density at radius 2 is 2.19 bits per heavy atom. The Kier molecular flexibility index (Phi) is 3.27. The molecule has 1 nitrogen and oxygen atoms in total. The fraction of sp³-hybridized carbons (Fsp3) is 0.571. The van der Waals surface area contributed by atoms with Crippen LogP contribution in [0.3, 0.4) is 0 Å². The summed E-state index contributed by atoms with van der Waals surface area (Å²) in [4.78, 5) is 0. The Hall–Kier alpha value is -0.530. The molecule has 1 aliphatic carbocycles. The predicted octanol–water partition coefficient (Wildman–Crippen LogP) is 3.49. The van der Waals surface area contributed by atoms with Crippen LogP contribution in [-0.2, 0) is 6.54 Å². The molecule has 88 valence electrons. The van der Waals surface area contributed by atoms with Crippen molar-refractivity contribution in [2.45, 2.75) is 45.2 Å². The van der Waals surface area contributed by atoms with Crippen LogP contribution in [0.25, 0.3) is 0 Å². The van der Waals surface area contributed by atoms with E-state index >= 15 is 0 Å². The van der Waals surface area contributed by atoms with Crippen molar-refractivity contribution < 1.29 is 0 Å². The second-order valence-corrected chi connectivity index (χ2v) is 5.97. The van der Waals surface area contributed by atoms with Crippen molar-refractivity contribution in [1.29, 1.82) is 0 Å². The van der Waals surface area contributed by atoms with Crippen LogP contribution in [0.4, 0.5) is 0 Å². The van der Waals surface area contributed by atoms with E-state index in [0.717, 1.165) is 13.0 Å². The summed E-state index contributed by atoms with van der Waals surface area (Å²) in [5.41, 5.74) is 2.90. The molecule has 2 unspecified atom stereocenters. The van der Waals surface area contributed by atoms with E-state index in [-0.39, 0.29) is 5.41 Å². The number of halogens is 1. The quantitative estimate of drug-likeness (QED) is 0.794. The molecule has 1 N–H and O–H groups in total. The molecule has 1 fully saturated rings. The molecule has 0 amide bonds. The van der Waals surface area contributed by atoms with Crippen LogP contribution in [0.5, 0.6) is 0 Å². The van der Waals surface area contributed by atoms with Gasteiger partial charge in [-0.15, -0.1) is 11.6 Å². The number of aryl methyl sites for hydroxylation is 1. The summed E-state index contributed by atoms with van der Waals surface area (Å²) in [5, 5.41) is 3.92. The molecular formula is C14H20ClN. The number of alkyl halides is 1. The largest absolute Gasteiger partial charge is 0.309 e. The smallest absolute Gasteiger partial charge is 0.0416 e. The van der Waals surface area contributed by atoms with Crippen molar-refractivity contribution >= 4 is 11.6 Å². The summed E-state index contributed by atoms with van der Waals surface area (Å²) in [5.74, 6) is 0. The normalized spacial score (nSPS) is 27.5. The van der Waals surface area contributed by atoms with Gasteiger partial charge in [0.2, 0.25) is 0 Å². The molecule has 0 radical (unpaired) electrons. The van der Waals surface area contributed by atoms with Gasteiger partial charge < -0.3 is 5.32 Å². The van der Waals surface area contributed by atoms with Crippen LogP contribution in [0.1, 0.15) is 31.4 Å². The molecular weight excluding hydrogens is 218 g/mol. The standard InChI is InChI=1S/C14H20ClN/c1-10-5-4-6-11(7-10)9-16-13-8-12(15)14(13,2)3/h4-7,12-13,16H,8-9H2,1-3H3. The van der Waals surface area contributed by atoms with E-state index in [1.165, 1.54) is 11.1 Å². The van der Waals surface area contributed by atoms with Crippen molar-refractivity contribution in [1.82, 2.24) is 5.32 Å². The molecule has 2 rings (SSSR count). The Bertz CT molecular complexity index is 373.